The minimum absolute atomic E-state index is 0.0162. The zero-order valence-electron chi connectivity index (χ0n) is 19.9. The van der Waals surface area contributed by atoms with Gasteiger partial charge < -0.3 is 14.9 Å². The van der Waals surface area contributed by atoms with Crippen LogP contribution in [0.25, 0.3) is 16.7 Å². The molecule has 0 amide bonds. The van der Waals surface area contributed by atoms with Crippen LogP contribution in [0, 0.1) is 5.82 Å². The summed E-state index contributed by atoms with van der Waals surface area (Å²) in [7, 11) is 2.17. The van der Waals surface area contributed by atoms with Crippen molar-refractivity contribution in [3.63, 3.8) is 0 Å². The average Bonchev–Trinajstić information content (AvgIpc) is 3.18. The van der Waals surface area contributed by atoms with Crippen molar-refractivity contribution in [2.75, 3.05) is 25.0 Å². The molecule has 3 aromatic rings. The van der Waals surface area contributed by atoms with Gasteiger partial charge in [0.2, 0.25) is 0 Å². The molecule has 1 aliphatic heterocycles. The Labute approximate surface area is 193 Å². The summed E-state index contributed by atoms with van der Waals surface area (Å²) in [5.74, 6) is -1.31. The van der Waals surface area contributed by atoms with E-state index in [0.717, 1.165) is 42.7 Å². The van der Waals surface area contributed by atoms with E-state index in [-0.39, 0.29) is 17.4 Å². The van der Waals surface area contributed by atoms with Crippen LogP contribution in [0.5, 0.6) is 0 Å². The van der Waals surface area contributed by atoms with Gasteiger partial charge in [-0.15, -0.1) is 0 Å². The largest absolute Gasteiger partial charge is 0.477 e. The van der Waals surface area contributed by atoms with Crippen molar-refractivity contribution in [1.82, 2.24) is 19.7 Å². The zero-order valence-corrected chi connectivity index (χ0v) is 19.9. The zero-order chi connectivity index (χ0) is 23.9. The first-order valence-electron chi connectivity index (χ1n) is 11.6. The number of nitrogens with zero attached hydrogens (tertiary/aromatic N) is 5. The maximum atomic E-state index is 13.5. The Morgan fingerprint density at radius 3 is 2.33 bits per heavy atom. The third-order valence-corrected chi connectivity index (χ3v) is 6.68. The number of halogens is 1. The maximum absolute atomic E-state index is 13.5. The van der Waals surface area contributed by atoms with Crippen LogP contribution < -0.4 is 4.90 Å². The number of aromatic carboxylic acids is 1. The molecule has 0 bridgehead atoms. The molecule has 33 heavy (non-hydrogen) atoms. The van der Waals surface area contributed by atoms with Crippen LogP contribution in [0.1, 0.15) is 62.6 Å². The Balaban J connectivity index is 1.84. The van der Waals surface area contributed by atoms with Gasteiger partial charge >= 0.3 is 5.97 Å². The van der Waals surface area contributed by atoms with E-state index in [1.807, 2.05) is 0 Å². The molecular weight excluding hydrogens is 421 g/mol. The number of carboxylic acids is 1. The Morgan fingerprint density at radius 1 is 1.15 bits per heavy atom. The summed E-state index contributed by atoms with van der Waals surface area (Å²) >= 11 is 0. The number of anilines is 1. The van der Waals surface area contributed by atoms with Gasteiger partial charge in [0.25, 0.3) is 0 Å². The Hall–Kier alpha value is -3.00. The van der Waals surface area contributed by atoms with Crippen LogP contribution >= 0.6 is 0 Å². The van der Waals surface area contributed by atoms with Gasteiger partial charge in [0.15, 0.2) is 11.3 Å². The topological polar surface area (TPSA) is 74.5 Å². The number of piperidine rings is 1. The quantitative estimate of drug-likeness (QED) is 0.584. The summed E-state index contributed by atoms with van der Waals surface area (Å²) in [6.45, 7) is 10.2. The van der Waals surface area contributed by atoms with Crippen LogP contribution in [-0.4, -0.2) is 63.0 Å². The van der Waals surface area contributed by atoms with Crippen LogP contribution in [-0.2, 0) is 0 Å². The van der Waals surface area contributed by atoms with Crippen molar-refractivity contribution in [3.8, 4) is 5.69 Å². The fraction of sp³-hybridized carbons (Fsp3) is 0.480. The third kappa shape index (κ3) is 4.44. The molecule has 0 radical (unpaired) electrons. The van der Waals surface area contributed by atoms with Gasteiger partial charge in [-0.05, 0) is 70.0 Å². The summed E-state index contributed by atoms with van der Waals surface area (Å²) in [4.78, 5) is 21.1. The number of hydrogen-bond acceptors (Lipinski definition) is 5. The van der Waals surface area contributed by atoms with Gasteiger partial charge in [0, 0.05) is 25.2 Å². The van der Waals surface area contributed by atoms with Crippen molar-refractivity contribution in [3.05, 3.63) is 47.5 Å². The normalized spacial score (nSPS) is 15.4. The highest BCUT2D eigenvalue weighted by Crippen LogP contribution is 2.36. The molecule has 7 nitrogen and oxygen atoms in total. The summed E-state index contributed by atoms with van der Waals surface area (Å²) in [6.07, 6.45) is 2.01. The van der Waals surface area contributed by atoms with Gasteiger partial charge in [-0.25, -0.2) is 18.9 Å². The second kappa shape index (κ2) is 9.09. The standard InChI is InChI=1S/C25H32FN5O2/c1-15(2)23-22-21(30-12-10-18(11-13-30)29(5)16(3)4)14-20(25(32)33)27-24(22)31(28-23)19-8-6-17(26)7-9-19/h6-9,14-16,18H,10-13H2,1-5H3,(H,32,33). The molecule has 1 aliphatic rings. The minimum atomic E-state index is -1.08. The molecule has 1 N–H and O–H groups in total. The number of pyridine rings is 1. The van der Waals surface area contributed by atoms with Gasteiger partial charge in [0.05, 0.1) is 22.5 Å². The molecule has 176 valence electrons. The van der Waals surface area contributed by atoms with E-state index in [1.165, 1.54) is 12.1 Å². The van der Waals surface area contributed by atoms with E-state index in [0.29, 0.717) is 23.4 Å². The summed E-state index contributed by atoms with van der Waals surface area (Å²) in [5, 5.41) is 15.5. The van der Waals surface area contributed by atoms with Crippen molar-refractivity contribution in [2.45, 2.75) is 58.5 Å². The highest BCUT2D eigenvalue weighted by Gasteiger charge is 2.28. The highest BCUT2D eigenvalue weighted by atomic mass is 19.1. The number of benzene rings is 1. The van der Waals surface area contributed by atoms with E-state index in [9.17, 15) is 14.3 Å². The van der Waals surface area contributed by atoms with Gasteiger partial charge in [-0.2, -0.15) is 5.10 Å². The van der Waals surface area contributed by atoms with Gasteiger partial charge in [-0.3, -0.25) is 0 Å². The monoisotopic (exact) mass is 453 g/mol. The average molecular weight is 454 g/mol. The molecule has 2 aromatic heterocycles. The molecule has 0 saturated carbocycles. The smallest absolute Gasteiger partial charge is 0.354 e. The predicted molar refractivity (Wildman–Crippen MR) is 128 cm³/mol. The fourth-order valence-electron chi connectivity index (χ4n) is 4.58. The predicted octanol–water partition coefficient (Wildman–Crippen LogP) is 4.69. The Kier molecular flexibility index (Phi) is 6.38. The van der Waals surface area contributed by atoms with Gasteiger partial charge in [-0.1, -0.05) is 13.8 Å². The van der Waals surface area contributed by atoms with E-state index < -0.39 is 5.97 Å². The van der Waals surface area contributed by atoms with Crippen LogP contribution in [0.3, 0.4) is 0 Å². The number of carbonyl (C=O) groups is 1. The van der Waals surface area contributed by atoms with Crippen molar-refractivity contribution < 1.29 is 14.3 Å². The second-order valence-electron chi connectivity index (χ2n) is 9.44. The fourth-order valence-corrected chi connectivity index (χ4v) is 4.58. The molecule has 1 saturated heterocycles. The van der Waals surface area contributed by atoms with Crippen molar-refractivity contribution in [2.24, 2.45) is 0 Å². The Morgan fingerprint density at radius 2 is 1.79 bits per heavy atom. The minimum Gasteiger partial charge on any atom is -0.477 e. The lowest BCUT2D eigenvalue weighted by Gasteiger charge is -2.39. The molecule has 0 aliphatic carbocycles. The Bertz CT molecular complexity index is 1150. The van der Waals surface area contributed by atoms with E-state index >= 15 is 0 Å². The first-order valence-corrected chi connectivity index (χ1v) is 11.6. The summed E-state index contributed by atoms with van der Waals surface area (Å²) in [5.41, 5.74) is 2.83. The van der Waals surface area contributed by atoms with Gasteiger partial charge in [0.1, 0.15) is 5.82 Å². The molecule has 0 atom stereocenters. The molecule has 0 spiro atoms. The molecule has 1 aromatic carbocycles. The van der Waals surface area contributed by atoms with E-state index in [4.69, 9.17) is 5.10 Å². The molecule has 3 heterocycles. The second-order valence-corrected chi connectivity index (χ2v) is 9.44. The van der Waals surface area contributed by atoms with Crippen molar-refractivity contribution in [1.29, 1.82) is 0 Å². The number of aromatic nitrogens is 3. The lowest BCUT2D eigenvalue weighted by molar-refractivity contribution is 0.0691. The van der Waals surface area contributed by atoms with E-state index in [2.05, 4.69) is 49.5 Å². The number of hydrogen-bond donors (Lipinski definition) is 1. The molecule has 0 unspecified atom stereocenters. The number of fused-ring (bicyclic) bond motifs is 1. The molecule has 1 fully saturated rings. The first kappa shape index (κ1) is 23.2. The van der Waals surface area contributed by atoms with Crippen LogP contribution in [0.15, 0.2) is 30.3 Å². The van der Waals surface area contributed by atoms with Crippen LogP contribution in [0.2, 0.25) is 0 Å². The molecule has 4 rings (SSSR count). The van der Waals surface area contributed by atoms with Crippen LogP contribution in [0.4, 0.5) is 10.1 Å². The van der Waals surface area contributed by atoms with Crippen molar-refractivity contribution >= 4 is 22.7 Å². The summed E-state index contributed by atoms with van der Waals surface area (Å²) in [6, 6.07) is 8.67. The lowest BCUT2D eigenvalue weighted by Crippen LogP contribution is -2.45. The van der Waals surface area contributed by atoms with E-state index in [1.54, 1.807) is 22.9 Å². The highest BCUT2D eigenvalue weighted by molar-refractivity contribution is 5.98. The summed E-state index contributed by atoms with van der Waals surface area (Å²) < 4.78 is 15.2. The lowest BCUT2D eigenvalue weighted by atomic mass is 10.00. The molecule has 8 heteroatoms. The maximum Gasteiger partial charge on any atom is 0.354 e. The SMILES string of the molecule is CC(C)c1nn(-c2ccc(F)cc2)c2nc(C(=O)O)cc(N3CCC(N(C)C(C)C)CC3)c12. The third-order valence-electron chi connectivity index (χ3n) is 6.68. The number of rotatable bonds is 6. The number of carboxylic acid groups (broad SMARTS) is 1. The first-order chi connectivity index (χ1) is 15.7. The molecular formula is C25H32FN5O2.